The third kappa shape index (κ3) is 2.11. The van der Waals surface area contributed by atoms with Crippen molar-refractivity contribution in [3.05, 3.63) is 30.5 Å². The molecule has 4 heteroatoms. The van der Waals surface area contributed by atoms with Gasteiger partial charge in [-0.05, 0) is 25.3 Å². The van der Waals surface area contributed by atoms with E-state index in [0.717, 1.165) is 42.4 Å². The van der Waals surface area contributed by atoms with Gasteiger partial charge in [-0.1, -0.05) is 18.2 Å². The molecule has 3 rings (SSSR count). The molecule has 1 aliphatic carbocycles. The molecule has 0 bridgehead atoms. The van der Waals surface area contributed by atoms with E-state index in [1.165, 1.54) is 0 Å². The first-order valence-corrected chi connectivity index (χ1v) is 6.27. The number of anilines is 2. The van der Waals surface area contributed by atoms with E-state index in [2.05, 4.69) is 10.3 Å². The van der Waals surface area contributed by atoms with Crippen LogP contribution in [0.3, 0.4) is 0 Å². The molecule has 0 saturated heterocycles. The van der Waals surface area contributed by atoms with Gasteiger partial charge in [0.15, 0.2) is 0 Å². The standard InChI is InChI=1S/C14H17N3O/c15-11-9-17-12-4-2-1-3-10(12)13(11)16-8-7-14(18)5-6-14/h1-4,9,18H,5-8,15H2,(H,16,17). The summed E-state index contributed by atoms with van der Waals surface area (Å²) in [7, 11) is 0. The van der Waals surface area contributed by atoms with Crippen molar-refractivity contribution in [2.45, 2.75) is 24.9 Å². The van der Waals surface area contributed by atoms with Crippen molar-refractivity contribution in [3.8, 4) is 0 Å². The number of benzene rings is 1. The number of nitrogen functional groups attached to an aromatic ring is 1. The number of hydrogen-bond acceptors (Lipinski definition) is 4. The predicted molar refractivity (Wildman–Crippen MR) is 73.4 cm³/mol. The lowest BCUT2D eigenvalue weighted by molar-refractivity contribution is 0.144. The van der Waals surface area contributed by atoms with Crippen LogP contribution in [0.2, 0.25) is 0 Å². The maximum Gasteiger partial charge on any atom is 0.0743 e. The molecule has 4 N–H and O–H groups in total. The number of hydrogen-bond donors (Lipinski definition) is 3. The molecular formula is C14H17N3O. The lowest BCUT2D eigenvalue weighted by Crippen LogP contribution is -2.14. The maximum atomic E-state index is 9.81. The molecule has 1 fully saturated rings. The molecule has 1 saturated carbocycles. The highest BCUT2D eigenvalue weighted by Crippen LogP contribution is 2.38. The smallest absolute Gasteiger partial charge is 0.0743 e. The summed E-state index contributed by atoms with van der Waals surface area (Å²) in [6.07, 6.45) is 4.28. The Bertz CT molecular complexity index is 578. The average Bonchev–Trinajstić information content (AvgIpc) is 3.10. The largest absolute Gasteiger partial charge is 0.396 e. The molecule has 0 spiro atoms. The van der Waals surface area contributed by atoms with E-state index in [0.29, 0.717) is 5.69 Å². The molecule has 0 radical (unpaired) electrons. The van der Waals surface area contributed by atoms with Crippen LogP contribution < -0.4 is 11.1 Å². The number of nitrogens with two attached hydrogens (primary N) is 1. The van der Waals surface area contributed by atoms with Gasteiger partial charge in [0, 0.05) is 11.9 Å². The molecule has 94 valence electrons. The first-order chi connectivity index (χ1) is 8.68. The predicted octanol–water partition coefficient (Wildman–Crippen LogP) is 2.14. The zero-order chi connectivity index (χ0) is 12.6. The topological polar surface area (TPSA) is 71.2 Å². The SMILES string of the molecule is Nc1cnc2ccccc2c1NCCC1(O)CC1. The van der Waals surface area contributed by atoms with Crippen molar-refractivity contribution < 1.29 is 5.11 Å². The Hall–Kier alpha value is -1.81. The van der Waals surface area contributed by atoms with Gasteiger partial charge >= 0.3 is 0 Å². The fourth-order valence-corrected chi connectivity index (χ4v) is 2.17. The Kier molecular flexibility index (Phi) is 2.59. The van der Waals surface area contributed by atoms with E-state index in [4.69, 9.17) is 5.73 Å². The van der Waals surface area contributed by atoms with Crippen LogP contribution in [-0.4, -0.2) is 22.2 Å². The molecule has 1 aliphatic rings. The molecule has 2 aromatic rings. The number of para-hydroxylation sites is 1. The minimum atomic E-state index is -0.426. The van der Waals surface area contributed by atoms with Gasteiger partial charge in [-0.25, -0.2) is 0 Å². The van der Waals surface area contributed by atoms with E-state index in [1.807, 2.05) is 24.3 Å². The van der Waals surface area contributed by atoms with Crippen LogP contribution in [0.1, 0.15) is 19.3 Å². The number of nitrogens with one attached hydrogen (secondary N) is 1. The average molecular weight is 243 g/mol. The van der Waals surface area contributed by atoms with E-state index >= 15 is 0 Å². The fourth-order valence-electron chi connectivity index (χ4n) is 2.17. The minimum absolute atomic E-state index is 0.426. The Morgan fingerprint density at radius 1 is 1.33 bits per heavy atom. The van der Waals surface area contributed by atoms with Gasteiger partial charge < -0.3 is 16.2 Å². The van der Waals surface area contributed by atoms with Crippen LogP contribution in [0.4, 0.5) is 11.4 Å². The third-order valence-corrected chi connectivity index (χ3v) is 3.52. The van der Waals surface area contributed by atoms with E-state index in [1.54, 1.807) is 6.20 Å². The third-order valence-electron chi connectivity index (χ3n) is 3.52. The van der Waals surface area contributed by atoms with Gasteiger partial charge in [0.05, 0.1) is 28.7 Å². The monoisotopic (exact) mass is 243 g/mol. The van der Waals surface area contributed by atoms with Crippen LogP contribution in [-0.2, 0) is 0 Å². The second-order valence-electron chi connectivity index (χ2n) is 5.01. The zero-order valence-corrected chi connectivity index (χ0v) is 10.2. The first kappa shape index (κ1) is 11.3. The molecular weight excluding hydrogens is 226 g/mol. The fraction of sp³-hybridized carbons (Fsp3) is 0.357. The molecule has 1 aromatic heterocycles. The Morgan fingerprint density at radius 2 is 2.11 bits per heavy atom. The summed E-state index contributed by atoms with van der Waals surface area (Å²) < 4.78 is 0. The second-order valence-corrected chi connectivity index (χ2v) is 5.01. The summed E-state index contributed by atoms with van der Waals surface area (Å²) >= 11 is 0. The van der Waals surface area contributed by atoms with Crippen molar-refractivity contribution >= 4 is 22.3 Å². The first-order valence-electron chi connectivity index (χ1n) is 6.27. The van der Waals surface area contributed by atoms with Crippen LogP contribution in [0, 0.1) is 0 Å². The lowest BCUT2D eigenvalue weighted by Gasteiger charge is -2.13. The van der Waals surface area contributed by atoms with E-state index < -0.39 is 5.60 Å². The van der Waals surface area contributed by atoms with Crippen LogP contribution in [0.5, 0.6) is 0 Å². The minimum Gasteiger partial charge on any atom is -0.396 e. The summed E-state index contributed by atoms with van der Waals surface area (Å²) in [6.45, 7) is 0.731. The number of aliphatic hydroxyl groups is 1. The van der Waals surface area contributed by atoms with Crippen LogP contribution in [0.15, 0.2) is 30.5 Å². The van der Waals surface area contributed by atoms with Crippen LogP contribution >= 0.6 is 0 Å². The highest BCUT2D eigenvalue weighted by atomic mass is 16.3. The van der Waals surface area contributed by atoms with Crippen molar-refractivity contribution in [1.82, 2.24) is 4.98 Å². The number of rotatable bonds is 4. The molecule has 0 unspecified atom stereocenters. The van der Waals surface area contributed by atoms with Gasteiger partial charge in [0.25, 0.3) is 0 Å². The highest BCUT2D eigenvalue weighted by molar-refractivity contribution is 5.96. The van der Waals surface area contributed by atoms with Gasteiger partial charge in [0.1, 0.15) is 0 Å². The molecule has 1 aromatic carbocycles. The second kappa shape index (κ2) is 4.14. The number of nitrogens with zero attached hydrogens (tertiary/aromatic N) is 1. The van der Waals surface area contributed by atoms with Gasteiger partial charge in [-0.2, -0.15) is 0 Å². The molecule has 0 atom stereocenters. The zero-order valence-electron chi connectivity index (χ0n) is 10.2. The van der Waals surface area contributed by atoms with E-state index in [-0.39, 0.29) is 0 Å². The molecule has 0 amide bonds. The van der Waals surface area contributed by atoms with Gasteiger partial charge in [-0.15, -0.1) is 0 Å². The molecule has 0 aliphatic heterocycles. The molecule has 4 nitrogen and oxygen atoms in total. The van der Waals surface area contributed by atoms with Crippen molar-refractivity contribution in [1.29, 1.82) is 0 Å². The molecule has 18 heavy (non-hydrogen) atoms. The van der Waals surface area contributed by atoms with Gasteiger partial charge in [-0.3, -0.25) is 4.98 Å². The summed E-state index contributed by atoms with van der Waals surface area (Å²) in [4.78, 5) is 4.30. The Labute approximate surface area is 106 Å². The molecule has 1 heterocycles. The lowest BCUT2D eigenvalue weighted by atomic mass is 10.1. The van der Waals surface area contributed by atoms with Crippen molar-refractivity contribution in [2.75, 3.05) is 17.6 Å². The quantitative estimate of drug-likeness (QED) is 0.769. The summed E-state index contributed by atoms with van der Waals surface area (Å²) in [6, 6.07) is 7.91. The van der Waals surface area contributed by atoms with Crippen molar-refractivity contribution in [3.63, 3.8) is 0 Å². The summed E-state index contributed by atoms with van der Waals surface area (Å²) in [5, 5.41) is 14.2. The van der Waals surface area contributed by atoms with Crippen LogP contribution in [0.25, 0.3) is 10.9 Å². The number of aromatic nitrogens is 1. The van der Waals surface area contributed by atoms with Gasteiger partial charge in [0.2, 0.25) is 0 Å². The number of fused-ring (bicyclic) bond motifs is 1. The number of pyridine rings is 1. The normalized spacial score (nSPS) is 16.7. The summed E-state index contributed by atoms with van der Waals surface area (Å²) in [5.74, 6) is 0. The van der Waals surface area contributed by atoms with E-state index in [9.17, 15) is 5.11 Å². The summed E-state index contributed by atoms with van der Waals surface area (Å²) in [5.41, 5.74) is 8.04. The Balaban J connectivity index is 1.83. The highest BCUT2D eigenvalue weighted by Gasteiger charge is 2.39. The van der Waals surface area contributed by atoms with Crippen molar-refractivity contribution in [2.24, 2.45) is 0 Å². The Morgan fingerprint density at radius 3 is 2.89 bits per heavy atom. The maximum absolute atomic E-state index is 9.81.